The Morgan fingerprint density at radius 3 is 2.65 bits per heavy atom. The first-order chi connectivity index (χ1) is 7.99. The van der Waals surface area contributed by atoms with Crippen molar-refractivity contribution in [2.24, 2.45) is 4.99 Å². The third-order valence-corrected chi connectivity index (χ3v) is 4.15. The zero-order chi connectivity index (χ0) is 12.6. The van der Waals surface area contributed by atoms with Gasteiger partial charge in [-0.05, 0) is 36.1 Å². The topological polar surface area (TPSA) is 32.6 Å². The summed E-state index contributed by atoms with van der Waals surface area (Å²) in [4.78, 5) is 4.58. The lowest BCUT2D eigenvalue weighted by Crippen LogP contribution is -2.01. The molecule has 0 aliphatic carbocycles. The number of rotatable bonds is 2. The first-order valence-electron chi connectivity index (χ1n) is 6.04. The molecule has 1 heterocycles. The molecule has 92 valence electrons. The molecule has 0 unspecified atom stereocenters. The van der Waals surface area contributed by atoms with Gasteiger partial charge in [-0.25, -0.2) is 0 Å². The molecular weight excluding hydrogens is 230 g/mol. The van der Waals surface area contributed by atoms with Gasteiger partial charge >= 0.3 is 0 Å². The van der Waals surface area contributed by atoms with E-state index in [1.807, 2.05) is 24.8 Å². The van der Waals surface area contributed by atoms with Crippen LogP contribution in [0.3, 0.4) is 0 Å². The van der Waals surface area contributed by atoms with Crippen molar-refractivity contribution in [3.05, 3.63) is 28.8 Å². The van der Waals surface area contributed by atoms with E-state index in [1.165, 1.54) is 5.56 Å². The number of nitrogens with zero attached hydrogens (tertiary/aromatic N) is 1. The molecule has 3 heteroatoms. The number of aryl methyl sites for hydroxylation is 1. The van der Waals surface area contributed by atoms with Gasteiger partial charge in [-0.3, -0.25) is 4.99 Å². The predicted octanol–water partition coefficient (Wildman–Crippen LogP) is 3.71. The highest BCUT2D eigenvalue weighted by molar-refractivity contribution is 8.15. The smallest absolute Gasteiger partial charge is 0.119 e. The number of aromatic hydroxyl groups is 1. The number of phenols is 1. The average Bonchev–Trinajstić information content (AvgIpc) is 2.64. The minimum Gasteiger partial charge on any atom is -0.508 e. The lowest BCUT2D eigenvalue weighted by Gasteiger charge is -2.13. The molecule has 2 nitrogen and oxygen atoms in total. The second kappa shape index (κ2) is 4.73. The van der Waals surface area contributed by atoms with Crippen LogP contribution in [0.2, 0.25) is 0 Å². The third-order valence-electron chi connectivity index (χ3n) is 3.03. The minimum absolute atomic E-state index is 0.332. The second-order valence-corrected chi connectivity index (χ2v) is 6.38. The summed E-state index contributed by atoms with van der Waals surface area (Å²) in [5.41, 5.74) is 3.29. The molecule has 0 radical (unpaired) electrons. The highest BCUT2D eigenvalue weighted by atomic mass is 32.2. The molecule has 1 aromatic rings. The van der Waals surface area contributed by atoms with Crippen molar-refractivity contribution in [2.45, 2.75) is 38.9 Å². The van der Waals surface area contributed by atoms with Crippen molar-refractivity contribution in [3.8, 4) is 5.75 Å². The van der Waals surface area contributed by atoms with Crippen molar-refractivity contribution in [1.29, 1.82) is 0 Å². The van der Waals surface area contributed by atoms with E-state index in [9.17, 15) is 5.11 Å². The normalized spacial score (nSPS) is 19.8. The van der Waals surface area contributed by atoms with Gasteiger partial charge in [0.1, 0.15) is 5.75 Å². The summed E-state index contributed by atoms with van der Waals surface area (Å²) in [6.07, 6.45) is 0. The fourth-order valence-electron chi connectivity index (χ4n) is 2.03. The highest BCUT2D eigenvalue weighted by Gasteiger charge is 2.20. The maximum absolute atomic E-state index is 9.93. The molecule has 0 spiro atoms. The van der Waals surface area contributed by atoms with Gasteiger partial charge < -0.3 is 5.11 Å². The maximum Gasteiger partial charge on any atom is 0.119 e. The summed E-state index contributed by atoms with van der Waals surface area (Å²) in [5.74, 6) is 0.733. The highest BCUT2D eigenvalue weighted by Crippen LogP contribution is 2.33. The molecular formula is C14H19NOS. The van der Waals surface area contributed by atoms with E-state index in [-0.39, 0.29) is 0 Å². The SMILES string of the molecule is Cc1cc(O)c(C(C)C)cc1C1=NC[C@@H](C)S1. The molecule has 0 fully saturated rings. The van der Waals surface area contributed by atoms with Gasteiger partial charge in [-0.1, -0.05) is 20.8 Å². The van der Waals surface area contributed by atoms with Crippen LogP contribution in [0, 0.1) is 6.92 Å². The molecule has 17 heavy (non-hydrogen) atoms. The summed E-state index contributed by atoms with van der Waals surface area (Å²) in [6.45, 7) is 9.32. The molecule has 0 bridgehead atoms. The zero-order valence-electron chi connectivity index (χ0n) is 10.8. The summed E-state index contributed by atoms with van der Waals surface area (Å²) >= 11 is 1.83. The Labute approximate surface area is 107 Å². The average molecular weight is 249 g/mol. The van der Waals surface area contributed by atoms with Crippen LogP contribution in [0.4, 0.5) is 0 Å². The Bertz CT molecular complexity index is 466. The number of hydrogen-bond donors (Lipinski definition) is 1. The standard InChI is InChI=1S/C14H19NOS/c1-8(2)11-6-12(9(3)5-13(11)16)14-15-7-10(4)17-14/h5-6,8,10,16H,7H2,1-4H3/t10-/m1/s1. The summed E-state index contributed by atoms with van der Waals surface area (Å²) < 4.78 is 0. The molecule has 1 atom stereocenters. The monoisotopic (exact) mass is 249 g/mol. The fraction of sp³-hybridized carbons (Fsp3) is 0.500. The largest absolute Gasteiger partial charge is 0.508 e. The molecule has 0 aromatic heterocycles. The lowest BCUT2D eigenvalue weighted by molar-refractivity contribution is 0.464. The van der Waals surface area contributed by atoms with Crippen molar-refractivity contribution < 1.29 is 5.11 Å². The minimum atomic E-state index is 0.332. The van der Waals surface area contributed by atoms with Gasteiger partial charge in [0.15, 0.2) is 0 Å². The summed E-state index contributed by atoms with van der Waals surface area (Å²) in [7, 11) is 0. The Balaban J connectivity index is 2.44. The van der Waals surface area contributed by atoms with E-state index in [0.29, 0.717) is 16.9 Å². The van der Waals surface area contributed by atoms with Crippen molar-refractivity contribution in [3.63, 3.8) is 0 Å². The van der Waals surface area contributed by atoms with Crippen molar-refractivity contribution >= 4 is 16.8 Å². The van der Waals surface area contributed by atoms with Crippen molar-refractivity contribution in [2.75, 3.05) is 6.54 Å². The van der Waals surface area contributed by atoms with Gasteiger partial charge in [0.05, 0.1) is 11.6 Å². The second-order valence-electron chi connectivity index (χ2n) is 4.95. The molecule has 1 N–H and O–H groups in total. The molecule has 1 aromatic carbocycles. The third kappa shape index (κ3) is 2.49. The van der Waals surface area contributed by atoms with E-state index in [1.54, 1.807) is 0 Å². The van der Waals surface area contributed by atoms with Crippen LogP contribution in [0.5, 0.6) is 5.75 Å². The maximum atomic E-state index is 9.93. The Hall–Kier alpha value is -0.960. The van der Waals surface area contributed by atoms with Gasteiger partial charge in [0, 0.05) is 10.8 Å². The van der Waals surface area contributed by atoms with Crippen LogP contribution in [-0.2, 0) is 0 Å². The van der Waals surface area contributed by atoms with Crippen LogP contribution >= 0.6 is 11.8 Å². The van der Waals surface area contributed by atoms with E-state index in [2.05, 4.69) is 31.8 Å². The van der Waals surface area contributed by atoms with E-state index < -0.39 is 0 Å². The molecule has 0 amide bonds. The van der Waals surface area contributed by atoms with Crippen LogP contribution < -0.4 is 0 Å². The molecule has 0 saturated carbocycles. The number of aliphatic imine (C=N–C) groups is 1. The molecule has 1 aliphatic heterocycles. The van der Waals surface area contributed by atoms with Gasteiger partial charge in [-0.2, -0.15) is 0 Å². The van der Waals surface area contributed by atoms with E-state index in [0.717, 1.165) is 22.7 Å². The number of benzene rings is 1. The van der Waals surface area contributed by atoms with E-state index in [4.69, 9.17) is 0 Å². The number of hydrogen-bond acceptors (Lipinski definition) is 3. The first kappa shape index (κ1) is 12.5. The summed E-state index contributed by atoms with van der Waals surface area (Å²) in [5, 5.41) is 11.6. The lowest BCUT2D eigenvalue weighted by atomic mass is 9.97. The number of phenolic OH excluding ortho intramolecular Hbond substituents is 1. The fourth-order valence-corrected chi connectivity index (χ4v) is 3.05. The molecule has 1 aliphatic rings. The van der Waals surface area contributed by atoms with Crippen molar-refractivity contribution in [1.82, 2.24) is 0 Å². The zero-order valence-corrected chi connectivity index (χ0v) is 11.6. The quantitative estimate of drug-likeness (QED) is 0.866. The Morgan fingerprint density at radius 2 is 2.12 bits per heavy atom. The van der Waals surface area contributed by atoms with Gasteiger partial charge in [0.25, 0.3) is 0 Å². The Morgan fingerprint density at radius 1 is 1.41 bits per heavy atom. The summed E-state index contributed by atoms with van der Waals surface area (Å²) in [6, 6.07) is 3.95. The van der Waals surface area contributed by atoms with Crippen LogP contribution in [0.25, 0.3) is 0 Å². The number of thioether (sulfide) groups is 1. The van der Waals surface area contributed by atoms with Crippen LogP contribution in [0.1, 0.15) is 43.4 Å². The van der Waals surface area contributed by atoms with Gasteiger partial charge in [0.2, 0.25) is 0 Å². The Kier molecular flexibility index (Phi) is 3.48. The molecule has 0 saturated heterocycles. The predicted molar refractivity (Wildman–Crippen MR) is 75.4 cm³/mol. The first-order valence-corrected chi connectivity index (χ1v) is 6.92. The van der Waals surface area contributed by atoms with Gasteiger partial charge in [-0.15, -0.1) is 11.8 Å². The van der Waals surface area contributed by atoms with Crippen LogP contribution in [0.15, 0.2) is 17.1 Å². The van der Waals surface area contributed by atoms with E-state index >= 15 is 0 Å². The van der Waals surface area contributed by atoms with Crippen LogP contribution in [-0.4, -0.2) is 21.9 Å². The molecule has 2 rings (SSSR count).